The Kier molecular flexibility index (Phi) is 2.99. The van der Waals surface area contributed by atoms with Crippen molar-refractivity contribution in [2.75, 3.05) is 19.9 Å². The Morgan fingerprint density at radius 2 is 2.24 bits per heavy atom. The van der Waals surface area contributed by atoms with Gasteiger partial charge in [-0.15, -0.1) is 0 Å². The van der Waals surface area contributed by atoms with Gasteiger partial charge in [0.2, 0.25) is 0 Å². The van der Waals surface area contributed by atoms with E-state index in [0.717, 1.165) is 24.4 Å². The van der Waals surface area contributed by atoms with Gasteiger partial charge in [-0.2, -0.15) is 0 Å². The van der Waals surface area contributed by atoms with Gasteiger partial charge >= 0.3 is 0 Å². The molecule has 0 spiro atoms. The van der Waals surface area contributed by atoms with Gasteiger partial charge in [0.1, 0.15) is 0 Å². The van der Waals surface area contributed by atoms with Crippen molar-refractivity contribution >= 4 is 17.8 Å². The lowest BCUT2D eigenvalue weighted by Crippen LogP contribution is -2.24. The molecule has 0 amide bonds. The highest BCUT2D eigenvalue weighted by molar-refractivity contribution is 8.14. The van der Waals surface area contributed by atoms with E-state index in [2.05, 4.69) is 12.7 Å². The van der Waals surface area contributed by atoms with Gasteiger partial charge in [0.05, 0.1) is 12.9 Å². The highest BCUT2D eigenvalue weighted by Gasteiger charge is 2.42. The summed E-state index contributed by atoms with van der Waals surface area (Å²) >= 11 is 5.89. The molecule has 1 saturated heterocycles. The molecule has 1 heterocycles. The number of ether oxygens (including phenoxy) is 1. The van der Waals surface area contributed by atoms with E-state index in [4.69, 9.17) is 16.5 Å². The molecule has 1 aliphatic heterocycles. The predicted molar refractivity (Wildman–Crippen MR) is 77.6 cm³/mol. The van der Waals surface area contributed by atoms with E-state index in [1.54, 1.807) is 18.3 Å². The lowest BCUT2D eigenvalue weighted by Gasteiger charge is -2.35. The van der Waals surface area contributed by atoms with Crippen molar-refractivity contribution in [3.63, 3.8) is 0 Å². The normalized spacial score (nSPS) is 40.7. The average molecular weight is 268 g/mol. The van der Waals surface area contributed by atoms with Gasteiger partial charge in [-0.05, 0) is 62.2 Å². The van der Waals surface area contributed by atoms with Crippen LogP contribution in [0.15, 0.2) is 23.0 Å². The molecule has 3 heteroatoms. The molecule has 0 radical (unpaired) electrons. The third kappa shape index (κ3) is 1.94. The zero-order chi connectivity index (χ0) is 12.0. The first-order chi connectivity index (χ1) is 8.12. The minimum absolute atomic E-state index is 0.837. The van der Waals surface area contributed by atoms with E-state index in [0.29, 0.717) is 0 Å². The molecule has 0 saturated carbocycles. The van der Waals surface area contributed by atoms with Gasteiger partial charge < -0.3 is 4.74 Å². The molecule has 3 unspecified atom stereocenters. The summed E-state index contributed by atoms with van der Waals surface area (Å²) in [5.41, 5.74) is 4.30. The molecule has 0 N–H and O–H groups in total. The largest absolute Gasteiger partial charge is 0.501 e. The van der Waals surface area contributed by atoms with E-state index in [9.17, 15) is 0 Å². The number of hydrogen-bond donors (Lipinski definition) is 0. The fourth-order valence-corrected chi connectivity index (χ4v) is 7.88. The molecular weight excluding hydrogens is 247 g/mol. The summed E-state index contributed by atoms with van der Waals surface area (Å²) in [5.74, 6) is 2.01. The van der Waals surface area contributed by atoms with Crippen LogP contribution in [0.25, 0.3) is 0 Å². The molecular formula is C14H21OPS. The van der Waals surface area contributed by atoms with Gasteiger partial charge in [-0.1, -0.05) is 23.0 Å². The summed E-state index contributed by atoms with van der Waals surface area (Å²) in [6, 6.07) is -1.01. The van der Waals surface area contributed by atoms with Crippen LogP contribution < -0.4 is 0 Å². The first-order valence-corrected chi connectivity index (χ1v) is 10.1. The molecule has 0 aromatic rings. The van der Waals surface area contributed by atoms with Gasteiger partial charge in [0.15, 0.2) is 0 Å². The number of fused-ring (bicyclic) bond motifs is 2. The number of hydrogen-bond acceptors (Lipinski definition) is 2. The first-order valence-electron chi connectivity index (χ1n) is 6.62. The Balaban J connectivity index is 1.88. The minimum atomic E-state index is -1.01. The minimum Gasteiger partial charge on any atom is -0.501 e. The van der Waals surface area contributed by atoms with Crippen molar-refractivity contribution in [2.24, 2.45) is 5.92 Å². The van der Waals surface area contributed by atoms with Crippen LogP contribution in [0.5, 0.6) is 0 Å². The topological polar surface area (TPSA) is 9.23 Å². The number of rotatable bonds is 1. The Bertz CT molecular complexity index is 449. The Labute approximate surface area is 109 Å². The van der Waals surface area contributed by atoms with Crippen LogP contribution in [0.1, 0.15) is 32.1 Å². The molecule has 1 fully saturated rings. The summed E-state index contributed by atoms with van der Waals surface area (Å²) in [6.07, 6.45) is 9.84. The molecule has 3 aliphatic rings. The van der Waals surface area contributed by atoms with E-state index < -0.39 is 6.04 Å². The Morgan fingerprint density at radius 1 is 1.41 bits per heavy atom. The monoisotopic (exact) mass is 268 g/mol. The van der Waals surface area contributed by atoms with Crippen LogP contribution in [-0.2, 0) is 16.5 Å². The lowest BCUT2D eigenvalue weighted by molar-refractivity contribution is 0.276. The van der Waals surface area contributed by atoms with Crippen molar-refractivity contribution < 1.29 is 4.74 Å². The standard InChI is InChI=1S/C14H21OPS/c1-15-11-4-5-12-10(9-11)3-6-14-13(12)7-8-16(14,2)17/h4,13-14H,3,5-9H2,1-2H3. The highest BCUT2D eigenvalue weighted by Crippen LogP contribution is 2.63. The van der Waals surface area contributed by atoms with Crippen LogP contribution in [-0.4, -0.2) is 25.6 Å². The molecule has 17 heavy (non-hydrogen) atoms. The fourth-order valence-electron chi connectivity index (χ4n) is 3.92. The molecule has 3 atom stereocenters. The van der Waals surface area contributed by atoms with E-state index in [1.165, 1.54) is 31.2 Å². The SMILES string of the molecule is COC1=CCC2=C(CCC3C2CCP3(C)=S)C1. The van der Waals surface area contributed by atoms with Crippen LogP contribution in [0.3, 0.4) is 0 Å². The average Bonchev–Trinajstić information content (AvgIpc) is 2.65. The molecule has 94 valence electrons. The van der Waals surface area contributed by atoms with Crippen molar-refractivity contribution in [3.05, 3.63) is 23.0 Å². The van der Waals surface area contributed by atoms with E-state index in [1.807, 2.05) is 0 Å². The fraction of sp³-hybridized carbons (Fsp3) is 0.714. The summed E-state index contributed by atoms with van der Waals surface area (Å²) in [6.45, 7) is 2.40. The summed E-state index contributed by atoms with van der Waals surface area (Å²) in [7, 11) is 1.80. The maximum Gasteiger partial charge on any atom is 0.0959 e. The summed E-state index contributed by atoms with van der Waals surface area (Å²) in [5, 5.41) is 0. The molecule has 1 nitrogen and oxygen atoms in total. The van der Waals surface area contributed by atoms with Crippen molar-refractivity contribution in [1.29, 1.82) is 0 Å². The molecule has 0 aromatic carbocycles. The molecule has 0 aromatic heterocycles. The van der Waals surface area contributed by atoms with E-state index in [-0.39, 0.29) is 0 Å². The predicted octanol–water partition coefficient (Wildman–Crippen LogP) is 3.90. The zero-order valence-electron chi connectivity index (χ0n) is 10.7. The Morgan fingerprint density at radius 3 is 3.00 bits per heavy atom. The second-order valence-electron chi connectivity index (χ2n) is 5.78. The summed E-state index contributed by atoms with van der Waals surface area (Å²) in [4.78, 5) is 0. The van der Waals surface area contributed by atoms with Crippen LogP contribution in [0.4, 0.5) is 0 Å². The summed E-state index contributed by atoms with van der Waals surface area (Å²) < 4.78 is 5.41. The lowest BCUT2D eigenvalue weighted by atomic mass is 9.76. The maximum absolute atomic E-state index is 5.89. The second kappa shape index (κ2) is 4.24. The third-order valence-electron chi connectivity index (χ3n) is 4.89. The molecule has 2 aliphatic carbocycles. The molecule has 0 bridgehead atoms. The van der Waals surface area contributed by atoms with Crippen LogP contribution >= 0.6 is 6.04 Å². The number of allylic oxidation sites excluding steroid dienone is 3. The van der Waals surface area contributed by atoms with Gasteiger partial charge in [-0.3, -0.25) is 0 Å². The first kappa shape index (κ1) is 12.0. The highest BCUT2D eigenvalue weighted by atomic mass is 32.4. The van der Waals surface area contributed by atoms with Gasteiger partial charge in [0.25, 0.3) is 0 Å². The smallest absolute Gasteiger partial charge is 0.0959 e. The van der Waals surface area contributed by atoms with Crippen molar-refractivity contribution in [3.8, 4) is 0 Å². The van der Waals surface area contributed by atoms with Crippen LogP contribution in [0.2, 0.25) is 0 Å². The van der Waals surface area contributed by atoms with Gasteiger partial charge in [-0.25, -0.2) is 0 Å². The van der Waals surface area contributed by atoms with E-state index >= 15 is 0 Å². The van der Waals surface area contributed by atoms with Crippen LogP contribution in [0, 0.1) is 5.92 Å². The maximum atomic E-state index is 5.89. The number of methoxy groups -OCH3 is 1. The molecule has 3 rings (SSSR count). The van der Waals surface area contributed by atoms with Gasteiger partial charge in [0, 0.05) is 6.42 Å². The van der Waals surface area contributed by atoms with Crippen molar-refractivity contribution in [2.45, 2.75) is 37.8 Å². The quantitative estimate of drug-likeness (QED) is 0.527. The zero-order valence-corrected chi connectivity index (χ0v) is 12.4. The second-order valence-corrected chi connectivity index (χ2v) is 11.7. The Hall–Kier alpha value is -0.0700. The van der Waals surface area contributed by atoms with Crippen molar-refractivity contribution in [1.82, 2.24) is 0 Å². The third-order valence-corrected chi connectivity index (χ3v) is 9.42.